The van der Waals surface area contributed by atoms with Gasteiger partial charge in [0.1, 0.15) is 11.6 Å². The third-order valence-corrected chi connectivity index (χ3v) is 6.05. The lowest BCUT2D eigenvalue weighted by Gasteiger charge is -2.41. The van der Waals surface area contributed by atoms with Crippen molar-refractivity contribution in [1.29, 1.82) is 0 Å². The summed E-state index contributed by atoms with van der Waals surface area (Å²) in [6.07, 6.45) is 2.04. The Kier molecular flexibility index (Phi) is 4.84. The normalized spacial score (nSPS) is 34.7. The molecule has 0 unspecified atom stereocenters. The molecule has 3 saturated heterocycles. The molecule has 8 nitrogen and oxygen atoms in total. The van der Waals surface area contributed by atoms with E-state index in [4.69, 9.17) is 4.74 Å². The summed E-state index contributed by atoms with van der Waals surface area (Å²) in [6, 6.07) is -0.935. The Morgan fingerprint density at radius 1 is 1.44 bits per heavy atom. The average Bonchev–Trinajstić information content (AvgIpc) is 3.19. The fourth-order valence-corrected chi connectivity index (χ4v) is 5.03. The first-order valence-electron chi connectivity index (χ1n) is 9.34. The van der Waals surface area contributed by atoms with Gasteiger partial charge in [0, 0.05) is 18.6 Å². The molecule has 0 aromatic rings. The number of fused-ring (bicyclic) bond motifs is 1. The number of hydrogen-bond acceptors (Lipinski definition) is 5. The van der Waals surface area contributed by atoms with Crippen molar-refractivity contribution in [3.63, 3.8) is 0 Å². The first-order valence-corrected chi connectivity index (χ1v) is 9.34. The fraction of sp³-hybridized carbons (Fsp3) is 0.737. The zero-order valence-electron chi connectivity index (χ0n) is 16.1. The molecule has 3 rings (SSSR count). The number of carboxylic acid groups (broad SMARTS) is 1. The smallest absolute Gasteiger partial charge is 0.310 e. The molecule has 0 aromatic carbocycles. The van der Waals surface area contributed by atoms with Crippen LogP contribution in [0.2, 0.25) is 0 Å². The van der Waals surface area contributed by atoms with Crippen LogP contribution in [0.15, 0.2) is 12.7 Å². The molecule has 150 valence electrons. The van der Waals surface area contributed by atoms with Crippen LogP contribution >= 0.6 is 0 Å². The molecule has 0 saturated carbocycles. The molecule has 5 atom stereocenters. The van der Waals surface area contributed by atoms with Gasteiger partial charge in [-0.15, -0.1) is 6.58 Å². The summed E-state index contributed by atoms with van der Waals surface area (Å²) in [5.74, 6) is -3.62. The van der Waals surface area contributed by atoms with E-state index in [1.807, 2.05) is 20.8 Å². The van der Waals surface area contributed by atoms with Gasteiger partial charge in [0.05, 0.1) is 24.5 Å². The maximum atomic E-state index is 13.6. The number of carboxylic acids is 1. The minimum absolute atomic E-state index is 0.0278. The first-order chi connectivity index (χ1) is 12.6. The second-order valence-corrected chi connectivity index (χ2v) is 8.56. The van der Waals surface area contributed by atoms with Crippen LogP contribution in [0.1, 0.15) is 33.6 Å². The van der Waals surface area contributed by atoms with Gasteiger partial charge in [-0.1, -0.05) is 6.08 Å². The Balaban J connectivity index is 2.06. The zero-order chi connectivity index (χ0) is 20.1. The van der Waals surface area contributed by atoms with E-state index in [9.17, 15) is 24.6 Å². The molecule has 2 amide bonds. The average molecular weight is 380 g/mol. The van der Waals surface area contributed by atoms with Crippen LogP contribution in [0.25, 0.3) is 0 Å². The highest BCUT2D eigenvalue weighted by atomic mass is 16.5. The molecule has 3 heterocycles. The van der Waals surface area contributed by atoms with Crippen molar-refractivity contribution in [2.45, 2.75) is 56.9 Å². The van der Waals surface area contributed by atoms with E-state index >= 15 is 0 Å². The number of aliphatic hydroxyl groups excluding tert-OH is 1. The van der Waals surface area contributed by atoms with E-state index in [0.29, 0.717) is 19.4 Å². The molecule has 0 aromatic heterocycles. The first kappa shape index (κ1) is 19.8. The quantitative estimate of drug-likeness (QED) is 0.640. The van der Waals surface area contributed by atoms with Crippen LogP contribution in [0.5, 0.6) is 0 Å². The largest absolute Gasteiger partial charge is 0.481 e. The van der Waals surface area contributed by atoms with Crippen LogP contribution in [-0.4, -0.2) is 80.8 Å². The van der Waals surface area contributed by atoms with Gasteiger partial charge in [-0.2, -0.15) is 0 Å². The predicted molar refractivity (Wildman–Crippen MR) is 95.7 cm³/mol. The Morgan fingerprint density at radius 2 is 2.11 bits per heavy atom. The molecular formula is C19H28N2O6. The number of nitrogens with zero attached hydrogens (tertiary/aromatic N) is 2. The highest BCUT2D eigenvalue weighted by molar-refractivity contribution is 5.98. The van der Waals surface area contributed by atoms with E-state index in [1.165, 1.54) is 4.90 Å². The lowest BCUT2D eigenvalue weighted by Crippen LogP contribution is -2.60. The van der Waals surface area contributed by atoms with Gasteiger partial charge in [0.25, 0.3) is 0 Å². The lowest BCUT2D eigenvalue weighted by atomic mass is 9.70. The number of β-amino-alcohol motifs (C(OH)–C–C–N with tert-alkyl or cyclic N) is 1. The minimum Gasteiger partial charge on any atom is -0.481 e. The topological polar surface area (TPSA) is 107 Å². The molecule has 2 bridgehead atoms. The standard InChI is InChI=1S/C19H28N2O6/c1-5-8-21(18(2,3)4)16(24)14-19-7-6-11(27-19)12(17(25)26)13(19)15(23)20(14)9-10-22/h5,11-14,22H,1,6-10H2,2-4H3,(H,25,26)/t11-,12+,13+,14-,19+/m1/s1. The second-order valence-electron chi connectivity index (χ2n) is 8.56. The van der Waals surface area contributed by atoms with Crippen molar-refractivity contribution in [2.75, 3.05) is 19.7 Å². The Bertz CT molecular complexity index is 672. The third-order valence-electron chi connectivity index (χ3n) is 6.05. The molecule has 1 spiro atoms. The van der Waals surface area contributed by atoms with Crippen molar-refractivity contribution in [3.8, 4) is 0 Å². The van der Waals surface area contributed by atoms with Crippen molar-refractivity contribution in [3.05, 3.63) is 12.7 Å². The molecule has 3 fully saturated rings. The molecule has 3 aliphatic heterocycles. The van der Waals surface area contributed by atoms with Crippen LogP contribution in [0, 0.1) is 11.8 Å². The van der Waals surface area contributed by atoms with E-state index in [1.54, 1.807) is 11.0 Å². The number of amides is 2. The van der Waals surface area contributed by atoms with Crippen molar-refractivity contribution in [1.82, 2.24) is 9.80 Å². The maximum absolute atomic E-state index is 13.6. The van der Waals surface area contributed by atoms with Crippen LogP contribution < -0.4 is 0 Å². The predicted octanol–water partition coefficient (Wildman–Crippen LogP) is 0.251. The zero-order valence-corrected chi connectivity index (χ0v) is 16.1. The SMILES string of the molecule is C=CCN(C(=O)[C@H]1N(CCO)C(=O)[C@@H]2[C@@H](C(=O)O)[C@H]3CC[C@]21O3)C(C)(C)C. The maximum Gasteiger partial charge on any atom is 0.310 e. The number of ether oxygens (including phenoxy) is 1. The Hall–Kier alpha value is -1.93. The van der Waals surface area contributed by atoms with Crippen LogP contribution in [0.3, 0.4) is 0 Å². The van der Waals surface area contributed by atoms with Gasteiger partial charge in [-0.05, 0) is 33.6 Å². The number of hydrogen-bond donors (Lipinski definition) is 2. The summed E-state index contributed by atoms with van der Waals surface area (Å²) in [5, 5.41) is 19.1. The summed E-state index contributed by atoms with van der Waals surface area (Å²) < 4.78 is 6.08. The lowest BCUT2D eigenvalue weighted by molar-refractivity contribution is -0.153. The summed E-state index contributed by atoms with van der Waals surface area (Å²) in [6.45, 7) is 9.36. The molecule has 8 heteroatoms. The van der Waals surface area contributed by atoms with Gasteiger partial charge in [0.15, 0.2) is 0 Å². The van der Waals surface area contributed by atoms with Crippen molar-refractivity contribution >= 4 is 17.8 Å². The molecule has 3 aliphatic rings. The second kappa shape index (κ2) is 6.60. The van der Waals surface area contributed by atoms with E-state index in [2.05, 4.69) is 6.58 Å². The van der Waals surface area contributed by atoms with Gasteiger partial charge in [-0.3, -0.25) is 14.4 Å². The van der Waals surface area contributed by atoms with Gasteiger partial charge in [-0.25, -0.2) is 0 Å². The number of aliphatic carboxylic acids is 1. The van der Waals surface area contributed by atoms with Crippen LogP contribution in [-0.2, 0) is 19.1 Å². The highest BCUT2D eigenvalue weighted by Gasteiger charge is 2.74. The molecule has 0 aliphatic carbocycles. The summed E-state index contributed by atoms with van der Waals surface area (Å²) in [7, 11) is 0. The van der Waals surface area contributed by atoms with E-state index in [0.717, 1.165) is 0 Å². The highest BCUT2D eigenvalue weighted by Crippen LogP contribution is 2.58. The van der Waals surface area contributed by atoms with Crippen LogP contribution in [0.4, 0.5) is 0 Å². The fourth-order valence-electron chi connectivity index (χ4n) is 5.03. The molecule has 2 N–H and O–H groups in total. The third kappa shape index (κ3) is 2.77. The van der Waals surface area contributed by atoms with E-state index < -0.39 is 47.0 Å². The summed E-state index contributed by atoms with van der Waals surface area (Å²) in [5.41, 5.74) is -1.65. The van der Waals surface area contributed by atoms with Crippen molar-refractivity contribution in [2.24, 2.45) is 11.8 Å². The van der Waals surface area contributed by atoms with E-state index in [-0.39, 0.29) is 19.1 Å². The minimum atomic E-state index is -1.14. The molecule has 27 heavy (non-hydrogen) atoms. The number of carbonyl (C=O) groups is 3. The number of rotatable bonds is 6. The van der Waals surface area contributed by atoms with Gasteiger partial charge in [0.2, 0.25) is 11.8 Å². The van der Waals surface area contributed by atoms with Crippen molar-refractivity contribution < 1.29 is 29.3 Å². The number of aliphatic hydroxyl groups is 1. The molecular weight excluding hydrogens is 352 g/mol. The number of likely N-dealkylation sites (tertiary alicyclic amines) is 1. The summed E-state index contributed by atoms with van der Waals surface area (Å²) >= 11 is 0. The Labute approximate surface area is 158 Å². The summed E-state index contributed by atoms with van der Waals surface area (Å²) in [4.78, 5) is 41.5. The Morgan fingerprint density at radius 3 is 2.63 bits per heavy atom. The van der Waals surface area contributed by atoms with Gasteiger partial charge < -0.3 is 24.7 Å². The molecule has 0 radical (unpaired) electrons. The van der Waals surface area contributed by atoms with Gasteiger partial charge >= 0.3 is 5.97 Å². The number of carbonyl (C=O) groups excluding carboxylic acids is 2. The monoisotopic (exact) mass is 380 g/mol.